The van der Waals surface area contributed by atoms with Gasteiger partial charge in [0.15, 0.2) is 6.29 Å². The molecule has 0 saturated carbocycles. The van der Waals surface area contributed by atoms with Crippen LogP contribution in [0.2, 0.25) is 0 Å². The first-order valence-corrected chi connectivity index (χ1v) is 38.6. The second-order valence-electron chi connectivity index (χ2n) is 26.1. The van der Waals surface area contributed by atoms with Gasteiger partial charge in [-0.1, -0.05) is 352 Å². The number of unbranched alkanes of at least 4 members (excludes halogenated alkanes) is 34. The number of carbonyl (C=O) groups is 1. The minimum atomic E-state index is -1.58. The zero-order valence-corrected chi connectivity index (χ0v) is 59.7. The molecule has 532 valence electrons. The third-order valence-corrected chi connectivity index (χ3v) is 17.4. The lowest BCUT2D eigenvalue weighted by Gasteiger charge is -2.40. The number of amides is 1. The Labute approximate surface area is 572 Å². The third-order valence-electron chi connectivity index (χ3n) is 17.4. The zero-order chi connectivity index (χ0) is 67.1. The smallest absolute Gasteiger partial charge is 0.220 e. The van der Waals surface area contributed by atoms with Crippen LogP contribution in [0.25, 0.3) is 0 Å². The standard InChI is InChI=1S/C84H143NO8/c1-3-5-7-9-11-13-15-17-19-21-23-25-27-29-31-33-35-36-37-38-39-40-41-42-44-46-48-50-52-54-56-58-60-62-64-66-68-70-72-74-80(88)85-77(76-92-84-83(91)82(90)81(89)79(75-86)93-84)78(87)73-71-69-67-65-63-61-59-57-55-53-51-49-47-45-43-34-32-30-28-26-24-22-20-18-16-14-12-10-8-6-4-2/h5,7,11,13,17,19,23,25,29,31,35-36,38-39,41-42,46,48,52,54,63,65,71,73,77-79,81-84,86-87,89-91H,3-4,6,8-10,12,14-16,18,20-22,24,26-28,30,32-34,37,40,43-45,47,49-51,53,55-62,64,66-70,72,74-76H2,1-2H3,(H,85,88)/b7-5-,13-11-,19-17-,25-23-,31-29-,36-35-,39-38-,42-41-,48-46-,54-52-,65-63+,73-71+. The molecule has 0 bridgehead atoms. The summed E-state index contributed by atoms with van der Waals surface area (Å²) < 4.78 is 11.3. The van der Waals surface area contributed by atoms with Crippen LogP contribution in [0, 0.1) is 0 Å². The van der Waals surface area contributed by atoms with Crippen molar-refractivity contribution in [2.45, 2.75) is 365 Å². The van der Waals surface area contributed by atoms with E-state index in [0.29, 0.717) is 6.42 Å². The number of allylic oxidation sites excluding steroid dienone is 23. The summed E-state index contributed by atoms with van der Waals surface area (Å²) in [6.45, 7) is 3.67. The molecule has 1 aliphatic rings. The van der Waals surface area contributed by atoms with Crippen LogP contribution in [0.5, 0.6) is 0 Å². The quantitative estimate of drug-likeness (QED) is 0.0261. The monoisotopic (exact) mass is 1290 g/mol. The predicted octanol–water partition coefficient (Wildman–Crippen LogP) is 22.1. The van der Waals surface area contributed by atoms with E-state index in [1.807, 2.05) is 6.08 Å². The molecule has 0 aromatic carbocycles. The van der Waals surface area contributed by atoms with E-state index in [1.54, 1.807) is 6.08 Å². The molecule has 7 atom stereocenters. The van der Waals surface area contributed by atoms with Gasteiger partial charge in [-0.05, 0) is 109 Å². The lowest BCUT2D eigenvalue weighted by atomic mass is 9.99. The van der Waals surface area contributed by atoms with Gasteiger partial charge in [-0.2, -0.15) is 0 Å². The van der Waals surface area contributed by atoms with E-state index in [2.05, 4.69) is 153 Å². The molecule has 1 saturated heterocycles. The van der Waals surface area contributed by atoms with Crippen molar-refractivity contribution in [2.24, 2.45) is 0 Å². The fourth-order valence-corrected chi connectivity index (χ4v) is 11.4. The molecule has 7 unspecified atom stereocenters. The summed E-state index contributed by atoms with van der Waals surface area (Å²) >= 11 is 0. The van der Waals surface area contributed by atoms with Crippen LogP contribution < -0.4 is 5.32 Å². The van der Waals surface area contributed by atoms with E-state index in [4.69, 9.17) is 9.47 Å². The maximum atomic E-state index is 13.2. The number of rotatable bonds is 66. The van der Waals surface area contributed by atoms with Crippen molar-refractivity contribution in [3.8, 4) is 0 Å². The predicted molar refractivity (Wildman–Crippen MR) is 400 cm³/mol. The second-order valence-corrected chi connectivity index (χ2v) is 26.1. The van der Waals surface area contributed by atoms with Gasteiger partial charge in [0.05, 0.1) is 25.4 Å². The fourth-order valence-electron chi connectivity index (χ4n) is 11.4. The van der Waals surface area contributed by atoms with Gasteiger partial charge in [0.2, 0.25) is 5.91 Å². The summed E-state index contributed by atoms with van der Waals surface area (Å²) in [7, 11) is 0. The second kappa shape index (κ2) is 70.9. The molecule has 93 heavy (non-hydrogen) atoms. The normalized spacial score (nSPS) is 18.5. The average Bonchev–Trinajstić information content (AvgIpc) is 1.02. The first-order valence-electron chi connectivity index (χ1n) is 38.6. The zero-order valence-electron chi connectivity index (χ0n) is 59.7. The average molecular weight is 1300 g/mol. The molecule has 1 rings (SSSR count). The highest BCUT2D eigenvalue weighted by Crippen LogP contribution is 2.23. The molecule has 1 heterocycles. The van der Waals surface area contributed by atoms with Gasteiger partial charge in [-0.25, -0.2) is 0 Å². The SMILES string of the molecule is CC/C=C\C/C=C\C/C=C\C/C=C\C/C=C\C/C=C\C/C=C\C/C=C\C/C=C\C/C=C\CCCCCCCCCCC(=O)NC(COC1OC(CO)C(O)C(O)C1O)C(O)/C=C/CC/C=C/CCCCCCCCCCCCCCCCCCCCCCCCCCC. The van der Waals surface area contributed by atoms with Crippen molar-refractivity contribution >= 4 is 5.91 Å². The van der Waals surface area contributed by atoms with E-state index in [1.165, 1.54) is 186 Å². The van der Waals surface area contributed by atoms with Crippen molar-refractivity contribution in [1.29, 1.82) is 0 Å². The van der Waals surface area contributed by atoms with Crippen molar-refractivity contribution < 1.29 is 39.8 Å². The van der Waals surface area contributed by atoms with Crippen LogP contribution in [0.1, 0.15) is 322 Å². The van der Waals surface area contributed by atoms with E-state index >= 15 is 0 Å². The Bertz CT molecular complexity index is 1990. The number of hydrogen-bond donors (Lipinski definition) is 6. The summed E-state index contributed by atoms with van der Waals surface area (Å²) in [5.74, 6) is -0.198. The number of ether oxygens (including phenoxy) is 2. The lowest BCUT2D eigenvalue weighted by Crippen LogP contribution is -2.60. The van der Waals surface area contributed by atoms with Crippen molar-refractivity contribution in [3.63, 3.8) is 0 Å². The van der Waals surface area contributed by atoms with Gasteiger partial charge in [-0.15, -0.1) is 0 Å². The molecular formula is C84H143NO8. The molecule has 9 nitrogen and oxygen atoms in total. The molecule has 9 heteroatoms. The molecule has 0 aliphatic carbocycles. The maximum Gasteiger partial charge on any atom is 0.220 e. The highest BCUT2D eigenvalue weighted by molar-refractivity contribution is 5.76. The van der Waals surface area contributed by atoms with Gasteiger partial charge in [0.1, 0.15) is 24.4 Å². The van der Waals surface area contributed by atoms with Gasteiger partial charge in [-0.3, -0.25) is 4.79 Å². The van der Waals surface area contributed by atoms with E-state index in [-0.39, 0.29) is 12.5 Å². The molecule has 6 N–H and O–H groups in total. The van der Waals surface area contributed by atoms with Gasteiger partial charge in [0.25, 0.3) is 0 Å². The molecule has 0 radical (unpaired) electrons. The van der Waals surface area contributed by atoms with Crippen LogP contribution in [0.3, 0.4) is 0 Å². The fraction of sp³-hybridized carbons (Fsp3) is 0.702. The van der Waals surface area contributed by atoms with E-state index in [0.717, 1.165) is 116 Å². The van der Waals surface area contributed by atoms with Gasteiger partial charge >= 0.3 is 0 Å². The largest absolute Gasteiger partial charge is 0.394 e. The Morgan fingerprint density at radius 3 is 1.03 bits per heavy atom. The number of aliphatic hydroxyl groups excluding tert-OH is 5. The molecule has 0 spiro atoms. The third kappa shape index (κ3) is 59.1. The number of hydrogen-bond acceptors (Lipinski definition) is 8. The van der Waals surface area contributed by atoms with Crippen LogP contribution in [0.15, 0.2) is 146 Å². The molecule has 0 aromatic rings. The van der Waals surface area contributed by atoms with Crippen LogP contribution in [0.4, 0.5) is 0 Å². The molecule has 1 fully saturated rings. The first kappa shape index (κ1) is 87.1. The Kier molecular flexibility index (Phi) is 66.3. The lowest BCUT2D eigenvalue weighted by molar-refractivity contribution is -0.302. The summed E-state index contributed by atoms with van der Waals surface area (Å²) in [4.78, 5) is 13.2. The highest BCUT2D eigenvalue weighted by atomic mass is 16.7. The first-order chi connectivity index (χ1) is 45.8. The van der Waals surface area contributed by atoms with Crippen molar-refractivity contribution in [2.75, 3.05) is 13.2 Å². The highest BCUT2D eigenvalue weighted by Gasteiger charge is 2.44. The van der Waals surface area contributed by atoms with Gasteiger partial charge in [0, 0.05) is 6.42 Å². The number of carbonyl (C=O) groups excluding carboxylic acids is 1. The number of aliphatic hydroxyl groups is 5. The Morgan fingerprint density at radius 2 is 0.677 bits per heavy atom. The van der Waals surface area contributed by atoms with Crippen molar-refractivity contribution in [3.05, 3.63) is 146 Å². The van der Waals surface area contributed by atoms with Crippen LogP contribution in [-0.4, -0.2) is 87.5 Å². The minimum Gasteiger partial charge on any atom is -0.394 e. The van der Waals surface area contributed by atoms with Gasteiger partial charge < -0.3 is 40.3 Å². The summed E-state index contributed by atoms with van der Waals surface area (Å²) in [6.07, 6.45) is 103. The topological polar surface area (TPSA) is 149 Å². The Morgan fingerprint density at radius 1 is 0.376 bits per heavy atom. The molecule has 0 aromatic heterocycles. The Hall–Kier alpha value is -3.93. The van der Waals surface area contributed by atoms with E-state index in [9.17, 15) is 30.3 Å². The molecule has 1 amide bonds. The minimum absolute atomic E-state index is 0.198. The molecular weight excluding hydrogens is 1150 g/mol. The molecule has 1 aliphatic heterocycles. The van der Waals surface area contributed by atoms with Crippen LogP contribution >= 0.6 is 0 Å². The summed E-state index contributed by atoms with van der Waals surface area (Å²) in [5.41, 5.74) is 0. The summed E-state index contributed by atoms with van der Waals surface area (Å²) in [6, 6.07) is -0.839. The van der Waals surface area contributed by atoms with E-state index < -0.39 is 49.5 Å². The maximum absolute atomic E-state index is 13.2. The van der Waals surface area contributed by atoms with Crippen molar-refractivity contribution in [1.82, 2.24) is 5.32 Å². The number of nitrogens with one attached hydrogen (secondary N) is 1. The Balaban J connectivity index is 2.16. The summed E-state index contributed by atoms with van der Waals surface area (Å²) in [5, 5.41) is 54.8. The van der Waals surface area contributed by atoms with Crippen LogP contribution in [-0.2, 0) is 14.3 Å².